The van der Waals surface area contributed by atoms with Crippen molar-refractivity contribution in [2.45, 2.75) is 0 Å². The summed E-state index contributed by atoms with van der Waals surface area (Å²) in [5.74, 6) is 0. The minimum absolute atomic E-state index is 0.552. The number of hydrogen-bond acceptors (Lipinski definition) is 10. The predicted octanol–water partition coefficient (Wildman–Crippen LogP) is 31.5. The molecule has 0 saturated carbocycles. The Hall–Kier alpha value is -13.7. The summed E-state index contributed by atoms with van der Waals surface area (Å²) in [5.41, 5.74) is 26.8. The fourth-order valence-corrected chi connectivity index (χ4v) is 18.1. The van der Waals surface area contributed by atoms with E-state index in [0.29, 0.717) is 18.9 Å². The Morgan fingerprint density at radius 1 is 0.180 bits per heavy atom. The summed E-state index contributed by atoms with van der Waals surface area (Å²) in [6.07, 6.45) is 0. The molecule has 580 valence electrons. The Balaban J connectivity index is 0.000000107. The maximum Gasteiger partial charge on any atom is 0.197 e. The zero-order valence-corrected chi connectivity index (χ0v) is 72.3. The van der Waals surface area contributed by atoms with Crippen LogP contribution >= 0.6 is 75.1 Å². The largest absolute Gasteiger partial charge is 0.455 e. The molecule has 16 aromatic carbocycles. The van der Waals surface area contributed by atoms with Crippen molar-refractivity contribution in [1.82, 2.24) is 39.9 Å². The normalized spacial score (nSPS) is 11.1. The molecule has 0 radical (unpaired) electrons. The molecule has 0 bridgehead atoms. The van der Waals surface area contributed by atoms with Gasteiger partial charge in [-0.2, -0.15) is 0 Å². The van der Waals surface area contributed by atoms with Crippen LogP contribution in [0.1, 0.15) is 0 Å². The minimum atomic E-state index is 0.552. The Kier molecular flexibility index (Phi) is 22.9. The second-order valence-electron chi connectivity index (χ2n) is 29.1. The Morgan fingerprint density at radius 3 is 1.02 bits per heavy atom. The first-order chi connectivity index (χ1) is 60.1. The van der Waals surface area contributed by atoms with Gasteiger partial charge in [-0.05, 0) is 203 Å². The molecule has 0 saturated heterocycles. The summed E-state index contributed by atoms with van der Waals surface area (Å²) in [6, 6.07) is 143. The summed E-state index contributed by atoms with van der Waals surface area (Å²) in [6.45, 7) is 0. The molecule has 22 rings (SSSR count). The van der Waals surface area contributed by atoms with Crippen LogP contribution in [0, 0.1) is 0 Å². The molecule has 122 heavy (non-hydrogen) atoms. The highest BCUT2D eigenvalue weighted by Crippen LogP contribution is 2.42. The summed E-state index contributed by atoms with van der Waals surface area (Å²) in [4.78, 5) is 37.1. The predicted molar refractivity (Wildman–Crippen MR) is 519 cm³/mol. The number of nitrogens with zero attached hydrogens (tertiary/aromatic N) is 8. The highest BCUT2D eigenvalue weighted by atomic mass is 79.9. The van der Waals surface area contributed by atoms with Crippen LogP contribution in [-0.4, -0.2) is 39.9 Å². The van der Waals surface area contributed by atoms with Crippen LogP contribution in [-0.2, 0) is 0 Å². The molecular formula is C108H68Br4N8OS. The van der Waals surface area contributed by atoms with Crippen LogP contribution in [0.4, 0.5) is 0 Å². The zero-order chi connectivity index (χ0) is 82.2. The monoisotopic (exact) mass is 1840 g/mol. The molecule has 0 aliphatic rings. The van der Waals surface area contributed by atoms with E-state index in [1.165, 1.54) is 75.1 Å². The van der Waals surface area contributed by atoms with E-state index >= 15 is 0 Å². The Labute approximate surface area is 742 Å². The first-order valence-corrected chi connectivity index (χ1v) is 43.7. The van der Waals surface area contributed by atoms with Crippen molar-refractivity contribution in [1.29, 1.82) is 0 Å². The molecule has 6 aromatic heterocycles. The van der Waals surface area contributed by atoms with Crippen molar-refractivity contribution in [2.24, 2.45) is 0 Å². The van der Waals surface area contributed by atoms with Gasteiger partial charge < -0.3 is 4.42 Å². The highest BCUT2D eigenvalue weighted by Gasteiger charge is 2.19. The topological polar surface area (TPSA) is 116 Å². The lowest BCUT2D eigenvalue weighted by Crippen LogP contribution is -1.93. The summed E-state index contributed by atoms with van der Waals surface area (Å²) in [5, 5.41) is 9.62. The van der Waals surface area contributed by atoms with Gasteiger partial charge in [0.25, 0.3) is 0 Å². The fraction of sp³-hybridized carbons (Fsp3) is 0. The van der Waals surface area contributed by atoms with E-state index in [9.17, 15) is 0 Å². The molecule has 22 aromatic rings. The molecule has 0 spiro atoms. The van der Waals surface area contributed by atoms with Gasteiger partial charge in [-0.3, -0.25) is 0 Å². The van der Waals surface area contributed by atoms with Gasteiger partial charge in [0.05, 0.1) is 45.6 Å². The molecule has 6 heterocycles. The number of thiophene rings is 1. The lowest BCUT2D eigenvalue weighted by Gasteiger charge is -2.12. The number of hydrogen-bond donors (Lipinski definition) is 0. The highest BCUT2D eigenvalue weighted by molar-refractivity contribution is 9.11. The third-order valence-corrected chi connectivity index (χ3v) is 23.9. The van der Waals surface area contributed by atoms with E-state index in [2.05, 4.69) is 414 Å². The van der Waals surface area contributed by atoms with E-state index in [-0.39, 0.29) is 0 Å². The van der Waals surface area contributed by atoms with Gasteiger partial charge in [0.2, 0.25) is 0 Å². The molecule has 0 N–H and O–H groups in total. The van der Waals surface area contributed by atoms with Crippen molar-refractivity contribution in [2.75, 3.05) is 0 Å². The van der Waals surface area contributed by atoms with E-state index in [1.807, 2.05) is 108 Å². The fourth-order valence-electron chi connectivity index (χ4n) is 15.5. The third-order valence-electron chi connectivity index (χ3n) is 21.4. The maximum absolute atomic E-state index is 6.22. The average Bonchev–Trinajstić information content (AvgIpc) is 1.62. The third kappa shape index (κ3) is 17.3. The zero-order valence-electron chi connectivity index (χ0n) is 65.2. The number of benzene rings is 16. The van der Waals surface area contributed by atoms with Crippen LogP contribution in [0.2, 0.25) is 0 Å². The first kappa shape index (κ1) is 78.2. The smallest absolute Gasteiger partial charge is 0.197 e. The summed E-state index contributed by atoms with van der Waals surface area (Å²) in [7, 11) is 0. The SMILES string of the molecule is Brc1nc(-c2ccc(-c3ccccc3)cc2)cc(-c2ccc3sc4ccccc4c3c2)n1.Brc1nc(-c2cccc3ccccc23)cc(-c2cccc3c2oc2ccccc23)n1.Brc1nc(-c2ccccc2)cc(-c2cc(-c3ccccc3)cc(-c3ccccc3)c2)n1.Brc1nc(-c2ccccc2)cc(-c2ccc(-c3cccc4ccccc34)cc2)n1. The number of aromatic nitrogens is 8. The standard InChI is InChI=1S/C28H17BrN2S.C28H19BrN2.C26H15BrN2O.C26H17BrN2/c29-28-30-24(20-12-10-19(11-13-20)18-6-2-1-3-7-18)17-25(31-28)21-14-15-27-23(16-21)22-8-4-5-9-26(22)32-27;29-28-30-26(22-14-8-3-9-15-22)19-27(31-28)25-17-23(20-10-4-1-5-11-20)16-24(18-25)21-12-6-2-7-13-21;27-26-28-22(18-11-5-8-16-7-1-2-9-17(16)18)15-23(29-26)21-13-6-12-20-19-10-3-4-14-24(19)30-25(20)21;27-26-28-24(20-8-2-1-3-9-20)17-25(29-26)21-15-13-19(14-16-21)23-12-6-10-18-7-4-5-11-22(18)23/h1-17H;1-19H;1-15H;1-17H. The number of furan rings is 1. The molecule has 9 nitrogen and oxygen atoms in total. The van der Waals surface area contributed by atoms with Crippen LogP contribution < -0.4 is 0 Å². The lowest BCUT2D eigenvalue weighted by atomic mass is 9.94. The van der Waals surface area contributed by atoms with Gasteiger partial charge in [-0.25, -0.2) is 39.9 Å². The lowest BCUT2D eigenvalue weighted by molar-refractivity contribution is 0.670. The molecule has 14 heteroatoms. The van der Waals surface area contributed by atoms with Crippen molar-refractivity contribution >= 4 is 139 Å². The molecule has 0 atom stereocenters. The van der Waals surface area contributed by atoms with Gasteiger partial charge in [-0.15, -0.1) is 11.3 Å². The molecule has 0 amide bonds. The van der Waals surface area contributed by atoms with E-state index in [1.54, 1.807) is 0 Å². The summed E-state index contributed by atoms with van der Waals surface area (Å²) >= 11 is 15.8. The van der Waals surface area contributed by atoms with Gasteiger partial charge in [-0.1, -0.05) is 340 Å². The van der Waals surface area contributed by atoms with Crippen LogP contribution in [0.15, 0.2) is 436 Å². The van der Waals surface area contributed by atoms with Crippen molar-refractivity contribution in [3.8, 4) is 135 Å². The number of para-hydroxylation sites is 2. The minimum Gasteiger partial charge on any atom is -0.455 e. The number of rotatable bonds is 12. The van der Waals surface area contributed by atoms with Crippen LogP contribution in [0.5, 0.6) is 0 Å². The second-order valence-corrected chi connectivity index (χ2v) is 33.0. The van der Waals surface area contributed by atoms with Crippen LogP contribution in [0.3, 0.4) is 0 Å². The molecule has 0 aliphatic heterocycles. The average molecular weight is 1850 g/mol. The van der Waals surface area contributed by atoms with Crippen LogP contribution in [0.25, 0.3) is 198 Å². The molecule has 0 unspecified atom stereocenters. The second kappa shape index (κ2) is 35.7. The van der Waals surface area contributed by atoms with Crippen molar-refractivity contribution < 1.29 is 4.42 Å². The Morgan fingerprint density at radius 2 is 0.492 bits per heavy atom. The van der Waals surface area contributed by atoms with E-state index in [0.717, 1.165) is 123 Å². The van der Waals surface area contributed by atoms with E-state index in [4.69, 9.17) is 9.40 Å². The quantitative estimate of drug-likeness (QED) is 0.110. The van der Waals surface area contributed by atoms with Gasteiger partial charge >= 0.3 is 0 Å². The number of halogens is 4. The molecule has 0 aliphatic carbocycles. The van der Waals surface area contributed by atoms with Gasteiger partial charge in [0, 0.05) is 75.5 Å². The maximum atomic E-state index is 6.22. The molecular weight excluding hydrogens is 1780 g/mol. The first-order valence-electron chi connectivity index (χ1n) is 39.7. The van der Waals surface area contributed by atoms with Gasteiger partial charge in [0.1, 0.15) is 11.2 Å². The Bertz CT molecular complexity index is 7490. The molecule has 0 fully saturated rings. The van der Waals surface area contributed by atoms with Gasteiger partial charge in [0.15, 0.2) is 18.9 Å². The van der Waals surface area contributed by atoms with Crippen molar-refractivity contribution in [3.05, 3.63) is 431 Å². The van der Waals surface area contributed by atoms with E-state index < -0.39 is 0 Å². The number of fused-ring (bicyclic) bond motifs is 8. The summed E-state index contributed by atoms with van der Waals surface area (Å²) < 4.78 is 11.1. The van der Waals surface area contributed by atoms with Crippen molar-refractivity contribution in [3.63, 3.8) is 0 Å².